The van der Waals surface area contributed by atoms with E-state index in [1.54, 1.807) is 22.9 Å². The van der Waals surface area contributed by atoms with Crippen molar-refractivity contribution in [2.75, 3.05) is 11.9 Å². The highest BCUT2D eigenvalue weighted by Gasteiger charge is 2.12. The standard InChI is InChI=1S/C17H23FN4O2/c1-11(2)7-15(23)10-19-17(24)20-16-8-12(3)22(21-16)14-6-4-5-13(18)9-14/h4-6,8-9,11,15,23H,7,10H2,1-3H3,(H2,19,20,21,24). The largest absolute Gasteiger partial charge is 0.391 e. The summed E-state index contributed by atoms with van der Waals surface area (Å²) >= 11 is 0. The molecular weight excluding hydrogens is 311 g/mol. The lowest BCUT2D eigenvalue weighted by Gasteiger charge is -2.13. The lowest BCUT2D eigenvalue weighted by molar-refractivity contribution is 0.148. The second-order valence-corrected chi connectivity index (χ2v) is 6.18. The summed E-state index contributed by atoms with van der Waals surface area (Å²) in [5, 5.41) is 19.2. The second-order valence-electron chi connectivity index (χ2n) is 6.18. The molecule has 6 nitrogen and oxygen atoms in total. The Hall–Kier alpha value is -2.41. The molecule has 0 aliphatic carbocycles. The van der Waals surface area contributed by atoms with Gasteiger partial charge in [0.05, 0.1) is 11.8 Å². The summed E-state index contributed by atoms with van der Waals surface area (Å²) in [4.78, 5) is 11.9. The molecule has 130 valence electrons. The molecule has 0 fully saturated rings. The van der Waals surface area contributed by atoms with Crippen molar-refractivity contribution in [2.45, 2.75) is 33.3 Å². The number of benzene rings is 1. The van der Waals surface area contributed by atoms with Crippen LogP contribution in [0.25, 0.3) is 5.69 Å². The quantitative estimate of drug-likeness (QED) is 0.760. The molecule has 1 atom stereocenters. The summed E-state index contributed by atoms with van der Waals surface area (Å²) in [7, 11) is 0. The van der Waals surface area contributed by atoms with Crippen LogP contribution in [-0.4, -0.2) is 33.6 Å². The molecule has 1 aromatic heterocycles. The van der Waals surface area contributed by atoms with Crippen molar-refractivity contribution < 1.29 is 14.3 Å². The number of hydrogen-bond donors (Lipinski definition) is 3. The van der Waals surface area contributed by atoms with Gasteiger partial charge in [-0.15, -0.1) is 5.10 Å². The van der Waals surface area contributed by atoms with Crippen LogP contribution < -0.4 is 10.6 Å². The van der Waals surface area contributed by atoms with Crippen molar-refractivity contribution in [3.63, 3.8) is 0 Å². The molecule has 3 N–H and O–H groups in total. The number of rotatable bonds is 6. The van der Waals surface area contributed by atoms with Gasteiger partial charge in [0.1, 0.15) is 5.82 Å². The molecule has 24 heavy (non-hydrogen) atoms. The topological polar surface area (TPSA) is 79.2 Å². The fraction of sp³-hybridized carbons (Fsp3) is 0.412. The average Bonchev–Trinajstić information content (AvgIpc) is 2.85. The lowest BCUT2D eigenvalue weighted by atomic mass is 10.1. The Labute approximate surface area is 140 Å². The van der Waals surface area contributed by atoms with Gasteiger partial charge in [-0.2, -0.15) is 0 Å². The fourth-order valence-corrected chi connectivity index (χ4v) is 2.40. The smallest absolute Gasteiger partial charge is 0.320 e. The molecule has 1 heterocycles. The molecule has 1 aromatic carbocycles. The first-order valence-corrected chi connectivity index (χ1v) is 7.90. The highest BCUT2D eigenvalue weighted by molar-refractivity contribution is 5.88. The van der Waals surface area contributed by atoms with E-state index >= 15 is 0 Å². The van der Waals surface area contributed by atoms with Crippen LogP contribution in [0.1, 0.15) is 26.0 Å². The molecule has 0 saturated carbocycles. The summed E-state index contributed by atoms with van der Waals surface area (Å²) < 4.78 is 14.9. The van der Waals surface area contributed by atoms with Crippen LogP contribution in [0.3, 0.4) is 0 Å². The lowest BCUT2D eigenvalue weighted by Crippen LogP contribution is -2.35. The van der Waals surface area contributed by atoms with E-state index in [-0.39, 0.29) is 12.4 Å². The number of urea groups is 1. The molecule has 0 bridgehead atoms. The number of aryl methyl sites for hydroxylation is 1. The number of amides is 2. The third-order valence-electron chi connectivity index (χ3n) is 3.42. The Morgan fingerprint density at radius 1 is 1.38 bits per heavy atom. The van der Waals surface area contributed by atoms with E-state index in [4.69, 9.17) is 0 Å². The minimum atomic E-state index is -0.581. The van der Waals surface area contributed by atoms with Gasteiger partial charge in [-0.3, -0.25) is 5.32 Å². The first-order chi connectivity index (χ1) is 11.3. The zero-order valence-corrected chi connectivity index (χ0v) is 14.1. The van der Waals surface area contributed by atoms with E-state index in [2.05, 4.69) is 15.7 Å². The number of halogens is 1. The molecule has 2 rings (SSSR count). The van der Waals surface area contributed by atoms with E-state index in [9.17, 15) is 14.3 Å². The predicted molar refractivity (Wildman–Crippen MR) is 90.7 cm³/mol. The van der Waals surface area contributed by atoms with Crippen LogP contribution in [0.2, 0.25) is 0 Å². The first kappa shape index (κ1) is 17.9. The van der Waals surface area contributed by atoms with Gasteiger partial charge in [0.25, 0.3) is 0 Å². The van der Waals surface area contributed by atoms with Gasteiger partial charge in [0.15, 0.2) is 5.82 Å². The molecular formula is C17H23FN4O2. The normalized spacial score (nSPS) is 12.2. The summed E-state index contributed by atoms with van der Waals surface area (Å²) in [6.07, 6.45) is 0.0375. The number of aliphatic hydroxyl groups is 1. The average molecular weight is 334 g/mol. The number of nitrogens with zero attached hydrogens (tertiary/aromatic N) is 2. The Balaban J connectivity index is 1.96. The maximum atomic E-state index is 13.3. The molecule has 0 radical (unpaired) electrons. The molecule has 0 spiro atoms. The zero-order chi connectivity index (χ0) is 17.7. The second kappa shape index (κ2) is 7.92. The number of aromatic nitrogens is 2. The van der Waals surface area contributed by atoms with Gasteiger partial charge in [-0.05, 0) is 37.5 Å². The molecule has 2 aromatic rings. The number of carbonyl (C=O) groups excluding carboxylic acids is 1. The highest BCUT2D eigenvalue weighted by atomic mass is 19.1. The van der Waals surface area contributed by atoms with Crippen LogP contribution in [0.5, 0.6) is 0 Å². The Bertz CT molecular complexity index is 700. The molecule has 0 aliphatic rings. The zero-order valence-electron chi connectivity index (χ0n) is 14.1. The molecule has 0 aliphatic heterocycles. The Morgan fingerprint density at radius 3 is 2.79 bits per heavy atom. The van der Waals surface area contributed by atoms with Crippen molar-refractivity contribution in [2.24, 2.45) is 5.92 Å². The SMILES string of the molecule is Cc1cc(NC(=O)NCC(O)CC(C)C)nn1-c1cccc(F)c1. The maximum Gasteiger partial charge on any atom is 0.320 e. The van der Waals surface area contributed by atoms with E-state index in [0.29, 0.717) is 23.8 Å². The summed E-state index contributed by atoms with van der Waals surface area (Å²) in [5.74, 6) is 0.357. The van der Waals surface area contributed by atoms with Crippen LogP contribution in [0.15, 0.2) is 30.3 Å². The van der Waals surface area contributed by atoms with E-state index in [1.165, 1.54) is 12.1 Å². The molecule has 0 saturated heterocycles. The van der Waals surface area contributed by atoms with Gasteiger partial charge < -0.3 is 10.4 Å². The van der Waals surface area contributed by atoms with Crippen molar-refractivity contribution in [3.05, 3.63) is 41.8 Å². The van der Waals surface area contributed by atoms with Crippen molar-refractivity contribution >= 4 is 11.8 Å². The third kappa shape index (κ3) is 5.06. The number of carbonyl (C=O) groups is 1. The van der Waals surface area contributed by atoms with E-state index in [0.717, 1.165) is 5.69 Å². The fourth-order valence-electron chi connectivity index (χ4n) is 2.40. The summed E-state index contributed by atoms with van der Waals surface area (Å²) in [6.45, 7) is 6.00. The van der Waals surface area contributed by atoms with Crippen LogP contribution in [0, 0.1) is 18.7 Å². The van der Waals surface area contributed by atoms with Gasteiger partial charge in [-0.25, -0.2) is 13.9 Å². The number of hydrogen-bond acceptors (Lipinski definition) is 3. The Kier molecular flexibility index (Phi) is 5.92. The van der Waals surface area contributed by atoms with E-state index in [1.807, 2.05) is 20.8 Å². The number of aliphatic hydroxyl groups excluding tert-OH is 1. The molecule has 1 unspecified atom stereocenters. The predicted octanol–water partition coefficient (Wildman–Crippen LogP) is 2.85. The van der Waals surface area contributed by atoms with Crippen molar-refractivity contribution in [3.8, 4) is 5.69 Å². The van der Waals surface area contributed by atoms with E-state index < -0.39 is 12.1 Å². The number of nitrogens with one attached hydrogen (secondary N) is 2. The minimum Gasteiger partial charge on any atom is -0.391 e. The summed E-state index contributed by atoms with van der Waals surface area (Å²) in [6, 6.07) is 7.30. The third-order valence-corrected chi connectivity index (χ3v) is 3.42. The molecule has 7 heteroatoms. The monoisotopic (exact) mass is 334 g/mol. The minimum absolute atomic E-state index is 0.174. The summed E-state index contributed by atoms with van der Waals surface area (Å²) in [5.41, 5.74) is 1.34. The van der Waals surface area contributed by atoms with Gasteiger partial charge >= 0.3 is 6.03 Å². The van der Waals surface area contributed by atoms with Gasteiger partial charge in [0, 0.05) is 18.3 Å². The first-order valence-electron chi connectivity index (χ1n) is 7.90. The number of anilines is 1. The van der Waals surface area contributed by atoms with Gasteiger partial charge in [-0.1, -0.05) is 19.9 Å². The van der Waals surface area contributed by atoms with Crippen LogP contribution in [0.4, 0.5) is 15.0 Å². The molecule has 2 amide bonds. The van der Waals surface area contributed by atoms with Crippen molar-refractivity contribution in [1.29, 1.82) is 0 Å². The van der Waals surface area contributed by atoms with Crippen LogP contribution >= 0.6 is 0 Å². The highest BCUT2D eigenvalue weighted by Crippen LogP contribution is 2.15. The van der Waals surface area contributed by atoms with Crippen LogP contribution in [-0.2, 0) is 0 Å². The maximum absolute atomic E-state index is 13.3. The van der Waals surface area contributed by atoms with Crippen molar-refractivity contribution in [1.82, 2.24) is 15.1 Å². The Morgan fingerprint density at radius 2 is 2.12 bits per heavy atom. The van der Waals surface area contributed by atoms with Gasteiger partial charge in [0.2, 0.25) is 0 Å².